The molecule has 0 bridgehead atoms. The summed E-state index contributed by atoms with van der Waals surface area (Å²) in [5.41, 5.74) is 0. The van der Waals surface area contributed by atoms with Crippen LogP contribution >= 0.6 is 0 Å². The first kappa shape index (κ1) is 14.0. The zero-order valence-corrected chi connectivity index (χ0v) is 11.8. The second-order valence-corrected chi connectivity index (χ2v) is 5.96. The first-order valence-corrected chi connectivity index (χ1v) is 7.40. The lowest BCUT2D eigenvalue weighted by atomic mass is 9.78. The number of hydrogen-bond acceptors (Lipinski definition) is 1. The quantitative estimate of drug-likeness (QED) is 0.713. The summed E-state index contributed by atoms with van der Waals surface area (Å²) in [6, 6.07) is 0.779. The van der Waals surface area contributed by atoms with Crippen LogP contribution in [0, 0.1) is 17.8 Å². The van der Waals surface area contributed by atoms with Crippen LogP contribution in [0.4, 0.5) is 0 Å². The van der Waals surface area contributed by atoms with Crippen molar-refractivity contribution in [3.05, 3.63) is 0 Å². The molecule has 0 heterocycles. The lowest BCUT2D eigenvalue weighted by molar-refractivity contribution is 0.221. The Bertz CT molecular complexity index is 170. The zero-order chi connectivity index (χ0) is 12.0. The average Bonchev–Trinajstić information content (AvgIpc) is 2.31. The molecule has 0 aliphatic heterocycles. The Morgan fingerprint density at radius 1 is 1.06 bits per heavy atom. The van der Waals surface area contributed by atoms with Gasteiger partial charge < -0.3 is 5.32 Å². The van der Waals surface area contributed by atoms with Gasteiger partial charge in [-0.25, -0.2) is 0 Å². The molecule has 0 radical (unpaired) electrons. The summed E-state index contributed by atoms with van der Waals surface area (Å²) in [6.07, 6.45) is 8.40. The number of nitrogens with one attached hydrogen (secondary N) is 1. The second-order valence-electron chi connectivity index (χ2n) is 5.96. The Kier molecular flexibility index (Phi) is 6.41. The van der Waals surface area contributed by atoms with E-state index in [0.29, 0.717) is 0 Å². The van der Waals surface area contributed by atoms with Crippen LogP contribution in [0.3, 0.4) is 0 Å². The first-order valence-electron chi connectivity index (χ1n) is 7.40. The predicted octanol–water partition coefficient (Wildman–Crippen LogP) is 4.23. The predicted molar refractivity (Wildman–Crippen MR) is 72.7 cm³/mol. The summed E-state index contributed by atoms with van der Waals surface area (Å²) >= 11 is 0. The van der Waals surface area contributed by atoms with Crippen LogP contribution in [0.5, 0.6) is 0 Å². The molecule has 1 aliphatic carbocycles. The molecule has 1 aliphatic rings. The molecule has 1 saturated carbocycles. The molecule has 1 N–H and O–H groups in total. The normalized spacial score (nSPS) is 30.0. The monoisotopic (exact) mass is 225 g/mol. The highest BCUT2D eigenvalue weighted by Crippen LogP contribution is 2.31. The summed E-state index contributed by atoms with van der Waals surface area (Å²) in [5, 5.41) is 3.80. The third kappa shape index (κ3) is 4.45. The first-order chi connectivity index (χ1) is 7.67. The molecule has 0 aromatic carbocycles. The van der Waals surface area contributed by atoms with Crippen molar-refractivity contribution in [2.75, 3.05) is 6.54 Å². The Morgan fingerprint density at radius 2 is 1.69 bits per heavy atom. The van der Waals surface area contributed by atoms with E-state index in [1.807, 2.05) is 0 Å². The Morgan fingerprint density at radius 3 is 2.19 bits per heavy atom. The van der Waals surface area contributed by atoms with Gasteiger partial charge in [0.1, 0.15) is 0 Å². The molecule has 16 heavy (non-hydrogen) atoms. The molecule has 0 spiro atoms. The van der Waals surface area contributed by atoms with Crippen molar-refractivity contribution < 1.29 is 0 Å². The van der Waals surface area contributed by atoms with Crippen molar-refractivity contribution in [2.24, 2.45) is 17.8 Å². The van der Waals surface area contributed by atoms with Crippen molar-refractivity contribution in [2.45, 2.75) is 72.3 Å². The maximum atomic E-state index is 3.80. The highest BCUT2D eigenvalue weighted by Gasteiger charge is 2.24. The number of hydrogen-bond donors (Lipinski definition) is 1. The van der Waals surface area contributed by atoms with Gasteiger partial charge in [0.25, 0.3) is 0 Å². The molecule has 1 fully saturated rings. The summed E-state index contributed by atoms with van der Waals surface area (Å²) in [4.78, 5) is 0. The summed E-state index contributed by atoms with van der Waals surface area (Å²) in [6.45, 7) is 10.6. The van der Waals surface area contributed by atoms with Crippen LogP contribution in [0.15, 0.2) is 0 Å². The zero-order valence-electron chi connectivity index (χ0n) is 11.8. The second kappa shape index (κ2) is 7.32. The fourth-order valence-corrected chi connectivity index (χ4v) is 2.83. The molecule has 0 saturated heterocycles. The SMILES string of the molecule is CCC(C)CNC(CC)C1CCC(C)CC1. The molecule has 1 heteroatoms. The molecule has 0 aromatic rings. The Hall–Kier alpha value is -0.0400. The van der Waals surface area contributed by atoms with E-state index in [1.165, 1.54) is 45.1 Å². The fraction of sp³-hybridized carbons (Fsp3) is 1.00. The molecule has 2 atom stereocenters. The maximum absolute atomic E-state index is 3.80. The van der Waals surface area contributed by atoms with Gasteiger partial charge in [0, 0.05) is 6.04 Å². The van der Waals surface area contributed by atoms with Gasteiger partial charge in [-0.15, -0.1) is 0 Å². The van der Waals surface area contributed by atoms with Gasteiger partial charge >= 0.3 is 0 Å². The molecule has 1 rings (SSSR count). The maximum Gasteiger partial charge on any atom is 0.00928 e. The highest BCUT2D eigenvalue weighted by atomic mass is 14.9. The van der Waals surface area contributed by atoms with E-state index in [-0.39, 0.29) is 0 Å². The van der Waals surface area contributed by atoms with Gasteiger partial charge in [-0.05, 0) is 43.6 Å². The standard InChI is InChI=1S/C15H31N/c1-5-12(3)11-16-15(6-2)14-9-7-13(4)8-10-14/h12-16H,5-11H2,1-4H3. The van der Waals surface area contributed by atoms with E-state index in [1.54, 1.807) is 0 Å². The minimum atomic E-state index is 0.779. The summed E-state index contributed by atoms with van der Waals surface area (Å²) in [7, 11) is 0. The average molecular weight is 225 g/mol. The fourth-order valence-electron chi connectivity index (χ4n) is 2.83. The lowest BCUT2D eigenvalue weighted by Crippen LogP contribution is -2.39. The van der Waals surface area contributed by atoms with Crippen LogP contribution in [-0.2, 0) is 0 Å². The largest absolute Gasteiger partial charge is 0.313 e. The summed E-state index contributed by atoms with van der Waals surface area (Å²) in [5.74, 6) is 2.75. The molecule has 0 amide bonds. The molecule has 96 valence electrons. The molecular weight excluding hydrogens is 194 g/mol. The Labute approximate surface area is 102 Å². The topological polar surface area (TPSA) is 12.0 Å². The van der Waals surface area contributed by atoms with Crippen LogP contribution in [0.1, 0.15) is 66.2 Å². The van der Waals surface area contributed by atoms with Crippen LogP contribution in [0.2, 0.25) is 0 Å². The van der Waals surface area contributed by atoms with Crippen molar-refractivity contribution in [3.63, 3.8) is 0 Å². The van der Waals surface area contributed by atoms with Gasteiger partial charge in [-0.3, -0.25) is 0 Å². The smallest absolute Gasteiger partial charge is 0.00928 e. The van der Waals surface area contributed by atoms with E-state index in [4.69, 9.17) is 0 Å². The molecule has 1 nitrogen and oxygen atoms in total. The summed E-state index contributed by atoms with van der Waals surface area (Å²) < 4.78 is 0. The van der Waals surface area contributed by atoms with Crippen molar-refractivity contribution >= 4 is 0 Å². The van der Waals surface area contributed by atoms with Gasteiger partial charge in [0.15, 0.2) is 0 Å². The van der Waals surface area contributed by atoms with Gasteiger partial charge in [-0.2, -0.15) is 0 Å². The Balaban J connectivity index is 2.30. The van der Waals surface area contributed by atoms with Crippen LogP contribution in [-0.4, -0.2) is 12.6 Å². The van der Waals surface area contributed by atoms with Crippen LogP contribution < -0.4 is 5.32 Å². The van der Waals surface area contributed by atoms with Gasteiger partial charge in [0.05, 0.1) is 0 Å². The third-order valence-electron chi connectivity index (χ3n) is 4.49. The molecule has 0 aromatic heterocycles. The van der Waals surface area contributed by atoms with E-state index < -0.39 is 0 Å². The molecule has 2 unspecified atom stereocenters. The van der Waals surface area contributed by atoms with E-state index >= 15 is 0 Å². The van der Waals surface area contributed by atoms with Crippen molar-refractivity contribution in [1.82, 2.24) is 5.32 Å². The van der Waals surface area contributed by atoms with Crippen LogP contribution in [0.25, 0.3) is 0 Å². The van der Waals surface area contributed by atoms with Crippen molar-refractivity contribution in [1.29, 1.82) is 0 Å². The van der Waals surface area contributed by atoms with Gasteiger partial charge in [0.2, 0.25) is 0 Å². The van der Waals surface area contributed by atoms with E-state index in [9.17, 15) is 0 Å². The van der Waals surface area contributed by atoms with E-state index in [0.717, 1.165) is 23.8 Å². The van der Waals surface area contributed by atoms with E-state index in [2.05, 4.69) is 33.0 Å². The lowest BCUT2D eigenvalue weighted by Gasteiger charge is -2.33. The molecular formula is C15H31N. The minimum absolute atomic E-state index is 0.779. The van der Waals surface area contributed by atoms with Gasteiger partial charge in [-0.1, -0.05) is 47.0 Å². The third-order valence-corrected chi connectivity index (χ3v) is 4.49. The number of rotatable bonds is 6. The highest BCUT2D eigenvalue weighted by molar-refractivity contribution is 4.80. The van der Waals surface area contributed by atoms with Crippen molar-refractivity contribution in [3.8, 4) is 0 Å². The minimum Gasteiger partial charge on any atom is -0.313 e.